The van der Waals surface area contributed by atoms with Gasteiger partial charge in [0.1, 0.15) is 0 Å². The van der Waals surface area contributed by atoms with Gasteiger partial charge in [-0.25, -0.2) is 0 Å². The van der Waals surface area contributed by atoms with E-state index in [-0.39, 0.29) is 5.41 Å². The third kappa shape index (κ3) is 5.14. The first-order valence-electron chi connectivity index (χ1n) is 21.1. The van der Waals surface area contributed by atoms with Crippen LogP contribution in [0, 0.1) is 5.92 Å². The smallest absolute Gasteiger partial charge is 0.0476 e. The fourth-order valence-electron chi connectivity index (χ4n) is 11.4. The van der Waals surface area contributed by atoms with Crippen LogP contribution in [-0.2, 0) is 10.8 Å². The molecule has 1 aromatic heterocycles. The van der Waals surface area contributed by atoms with Gasteiger partial charge in [-0.2, -0.15) is 0 Å². The van der Waals surface area contributed by atoms with Crippen molar-refractivity contribution in [2.75, 3.05) is 4.90 Å². The minimum absolute atomic E-state index is 0.0414. The van der Waals surface area contributed by atoms with E-state index < -0.39 is 0 Å². The molecule has 0 saturated heterocycles. The van der Waals surface area contributed by atoms with Crippen molar-refractivity contribution in [2.45, 2.75) is 56.8 Å². The Balaban J connectivity index is 0.999. The third-order valence-electron chi connectivity index (χ3n) is 14.3. The molecule has 1 heterocycles. The van der Waals surface area contributed by atoms with Crippen LogP contribution >= 0.6 is 11.3 Å². The summed E-state index contributed by atoms with van der Waals surface area (Å²) < 4.78 is 2.77. The molecule has 0 unspecified atom stereocenters. The molecule has 2 heteroatoms. The predicted octanol–water partition coefficient (Wildman–Crippen LogP) is 16.1. The Morgan fingerprint density at radius 2 is 1.10 bits per heavy atom. The molecule has 1 nitrogen and oxygen atoms in total. The SMILES string of the molecule is CC1(C)c2ccccc2-c2cc(N(c3ccc(-c4cccc5cccc(-c6ccccc6)c45)cc3)c3ccc4c(c3)sc3cc(C56CCC(CC5)C6)ccc34)ccc21. The maximum absolute atomic E-state index is 2.56. The molecule has 2 fully saturated rings. The maximum Gasteiger partial charge on any atom is 0.0476 e. The molecule has 2 saturated carbocycles. The third-order valence-corrected chi connectivity index (χ3v) is 15.4. The minimum atomic E-state index is -0.0414. The summed E-state index contributed by atoms with van der Waals surface area (Å²) in [6, 6.07) is 64.2. The Morgan fingerprint density at radius 3 is 1.84 bits per heavy atom. The number of nitrogens with zero attached hydrogens (tertiary/aromatic N) is 1. The summed E-state index contributed by atoms with van der Waals surface area (Å²) >= 11 is 1.96. The Kier molecular flexibility index (Phi) is 7.51. The van der Waals surface area contributed by atoms with E-state index in [1.807, 2.05) is 11.3 Å². The summed E-state index contributed by atoms with van der Waals surface area (Å²) in [7, 11) is 0. The summed E-state index contributed by atoms with van der Waals surface area (Å²) in [5, 5.41) is 5.29. The van der Waals surface area contributed by atoms with E-state index in [4.69, 9.17) is 0 Å². The summed E-state index contributed by atoms with van der Waals surface area (Å²) in [6.07, 6.45) is 6.94. The molecule has 2 bridgehead atoms. The summed E-state index contributed by atoms with van der Waals surface area (Å²) in [5.74, 6) is 0.943. The first-order chi connectivity index (χ1) is 28.4. The highest BCUT2D eigenvalue weighted by Gasteiger charge is 2.46. The molecule has 9 aromatic rings. The standard InChI is InChI=1S/C56H45NS/c1-55(2)50-17-7-6-14-46(50)49-33-42(24-27-51(49)55)57(43-23-26-48-47-25-20-40(32-52(47)58-53(48)34-43)56-30-28-36(35-56)29-31-56)41-21-18-38(19-22-41)45-16-9-13-39-12-8-15-44(54(39)45)37-10-4-3-5-11-37/h3-27,32-34,36H,28-31,35H2,1-2H3. The van der Waals surface area contributed by atoms with Gasteiger partial charge in [-0.3, -0.25) is 0 Å². The first-order valence-corrected chi connectivity index (χ1v) is 21.9. The second-order valence-corrected chi connectivity index (χ2v) is 18.9. The first kappa shape index (κ1) is 34.1. The van der Waals surface area contributed by atoms with Crippen LogP contribution in [0.2, 0.25) is 0 Å². The van der Waals surface area contributed by atoms with E-state index >= 15 is 0 Å². The number of benzene rings is 8. The molecule has 3 aliphatic rings. The van der Waals surface area contributed by atoms with Crippen molar-refractivity contribution in [3.63, 3.8) is 0 Å². The van der Waals surface area contributed by atoms with Crippen molar-refractivity contribution in [1.82, 2.24) is 0 Å². The topological polar surface area (TPSA) is 3.24 Å². The molecule has 3 aliphatic carbocycles. The number of hydrogen-bond acceptors (Lipinski definition) is 2. The van der Waals surface area contributed by atoms with Gasteiger partial charge in [-0.15, -0.1) is 11.3 Å². The van der Waals surface area contributed by atoms with Crippen molar-refractivity contribution in [3.8, 4) is 33.4 Å². The van der Waals surface area contributed by atoms with Crippen LogP contribution in [-0.4, -0.2) is 0 Å². The highest BCUT2D eigenvalue weighted by Crippen LogP contribution is 2.56. The van der Waals surface area contributed by atoms with Crippen LogP contribution < -0.4 is 4.90 Å². The number of rotatable bonds is 6. The second kappa shape index (κ2) is 12.8. The van der Waals surface area contributed by atoms with Gasteiger partial charge in [-0.05, 0) is 147 Å². The molecule has 58 heavy (non-hydrogen) atoms. The van der Waals surface area contributed by atoms with Crippen LogP contribution in [0.15, 0.2) is 170 Å². The van der Waals surface area contributed by atoms with Crippen molar-refractivity contribution < 1.29 is 0 Å². The quantitative estimate of drug-likeness (QED) is 0.163. The monoisotopic (exact) mass is 763 g/mol. The second-order valence-electron chi connectivity index (χ2n) is 17.8. The Labute approximate surface area is 345 Å². The van der Waals surface area contributed by atoms with Crippen molar-refractivity contribution in [2.24, 2.45) is 5.92 Å². The molecule has 0 N–H and O–H groups in total. The Morgan fingerprint density at radius 1 is 0.500 bits per heavy atom. The number of fused-ring (bicyclic) bond motifs is 9. The van der Waals surface area contributed by atoms with Crippen molar-refractivity contribution in [1.29, 1.82) is 0 Å². The minimum Gasteiger partial charge on any atom is -0.310 e. The van der Waals surface area contributed by atoms with E-state index in [1.165, 1.54) is 119 Å². The number of thiophene rings is 1. The summed E-state index contributed by atoms with van der Waals surface area (Å²) in [6.45, 7) is 4.73. The van der Waals surface area contributed by atoms with Crippen LogP contribution in [0.1, 0.15) is 62.6 Å². The molecule has 0 aliphatic heterocycles. The molecule has 8 aromatic carbocycles. The predicted molar refractivity (Wildman–Crippen MR) is 248 cm³/mol. The Bertz CT molecular complexity index is 3060. The van der Waals surface area contributed by atoms with Gasteiger partial charge in [0, 0.05) is 42.6 Å². The van der Waals surface area contributed by atoms with Crippen LogP contribution in [0.5, 0.6) is 0 Å². The lowest BCUT2D eigenvalue weighted by Crippen LogP contribution is -2.19. The zero-order valence-corrected chi connectivity index (χ0v) is 34.0. The van der Waals surface area contributed by atoms with Crippen LogP contribution in [0.3, 0.4) is 0 Å². The molecule has 0 atom stereocenters. The van der Waals surface area contributed by atoms with Crippen LogP contribution in [0.25, 0.3) is 64.3 Å². The summed E-state index contributed by atoms with van der Waals surface area (Å²) in [4.78, 5) is 2.47. The summed E-state index contributed by atoms with van der Waals surface area (Å²) in [5.41, 5.74) is 15.9. The molecular formula is C56H45NS. The van der Waals surface area contributed by atoms with E-state index in [0.717, 1.165) is 11.6 Å². The van der Waals surface area contributed by atoms with Crippen molar-refractivity contribution in [3.05, 3.63) is 187 Å². The van der Waals surface area contributed by atoms with Gasteiger partial charge in [0.25, 0.3) is 0 Å². The number of hydrogen-bond donors (Lipinski definition) is 0. The lowest BCUT2D eigenvalue weighted by molar-refractivity contribution is 0.419. The van der Waals surface area contributed by atoms with Crippen LogP contribution in [0.4, 0.5) is 17.1 Å². The van der Waals surface area contributed by atoms with Gasteiger partial charge in [0.05, 0.1) is 0 Å². The van der Waals surface area contributed by atoms with Gasteiger partial charge in [0.15, 0.2) is 0 Å². The van der Waals surface area contributed by atoms with E-state index in [0.29, 0.717) is 5.41 Å². The average molecular weight is 764 g/mol. The largest absolute Gasteiger partial charge is 0.310 e. The lowest BCUT2D eigenvalue weighted by Gasteiger charge is -2.27. The fourth-order valence-corrected chi connectivity index (χ4v) is 12.5. The van der Waals surface area contributed by atoms with E-state index in [9.17, 15) is 0 Å². The molecule has 280 valence electrons. The normalized spacial score (nSPS) is 18.9. The maximum atomic E-state index is 2.56. The average Bonchev–Trinajstić information content (AvgIpc) is 4.04. The number of anilines is 3. The van der Waals surface area contributed by atoms with Gasteiger partial charge in [-0.1, -0.05) is 141 Å². The Hall–Kier alpha value is -5.96. The van der Waals surface area contributed by atoms with Crippen molar-refractivity contribution >= 4 is 59.3 Å². The zero-order chi connectivity index (χ0) is 38.6. The van der Waals surface area contributed by atoms with Gasteiger partial charge in [0.2, 0.25) is 0 Å². The van der Waals surface area contributed by atoms with E-state index in [2.05, 4.69) is 189 Å². The lowest BCUT2D eigenvalue weighted by atomic mass is 9.77. The van der Waals surface area contributed by atoms with Gasteiger partial charge < -0.3 is 4.90 Å². The molecule has 0 spiro atoms. The molecular weight excluding hydrogens is 719 g/mol. The molecule has 12 rings (SSSR count). The van der Waals surface area contributed by atoms with E-state index in [1.54, 1.807) is 5.56 Å². The zero-order valence-electron chi connectivity index (χ0n) is 33.1. The highest BCUT2D eigenvalue weighted by molar-refractivity contribution is 7.25. The molecule has 0 radical (unpaired) electrons. The molecule has 0 amide bonds. The van der Waals surface area contributed by atoms with Gasteiger partial charge >= 0.3 is 0 Å². The highest BCUT2D eigenvalue weighted by atomic mass is 32.1. The fraction of sp³-hybridized carbons (Fsp3) is 0.179.